The number of nitrogens with two attached hydrogens (primary N) is 1. The molecule has 1 aromatic heterocycles. The smallest absolute Gasteiger partial charge is 0.251 e. The van der Waals surface area contributed by atoms with Gasteiger partial charge in [0.15, 0.2) is 0 Å². The van der Waals surface area contributed by atoms with Gasteiger partial charge in [-0.05, 0) is 39.0 Å². The molecule has 1 heterocycles. The Bertz CT molecular complexity index is 632. The Labute approximate surface area is 122 Å². The number of amides is 1. The van der Waals surface area contributed by atoms with Crippen molar-refractivity contribution in [2.45, 2.75) is 26.8 Å². The van der Waals surface area contributed by atoms with Crippen molar-refractivity contribution in [3.8, 4) is 0 Å². The van der Waals surface area contributed by atoms with Crippen LogP contribution in [0.2, 0.25) is 5.02 Å². The molecule has 0 fully saturated rings. The van der Waals surface area contributed by atoms with Gasteiger partial charge in [-0.15, -0.1) is 0 Å². The Morgan fingerprint density at radius 1 is 1.45 bits per heavy atom. The Hall–Kier alpha value is -2.01. The lowest BCUT2D eigenvalue weighted by molar-refractivity contribution is 0.0939. The fourth-order valence-corrected chi connectivity index (χ4v) is 2.26. The minimum absolute atomic E-state index is 0.203. The second kappa shape index (κ2) is 5.54. The van der Waals surface area contributed by atoms with Gasteiger partial charge in [0.25, 0.3) is 5.91 Å². The van der Waals surface area contributed by atoms with Crippen LogP contribution in [-0.4, -0.2) is 11.1 Å². The first kappa shape index (κ1) is 14.4. The van der Waals surface area contributed by atoms with Crippen LogP contribution >= 0.6 is 11.6 Å². The first-order chi connectivity index (χ1) is 9.40. The maximum atomic E-state index is 12.2. The zero-order chi connectivity index (χ0) is 14.9. The second-order valence-electron chi connectivity index (χ2n) is 4.67. The summed E-state index contributed by atoms with van der Waals surface area (Å²) in [4.78, 5) is 12.2. The van der Waals surface area contributed by atoms with Crippen molar-refractivity contribution >= 4 is 23.2 Å². The summed E-state index contributed by atoms with van der Waals surface area (Å²) in [6.07, 6.45) is 0. The number of halogens is 1. The third kappa shape index (κ3) is 2.77. The molecule has 1 unspecified atom stereocenters. The lowest BCUT2D eigenvalue weighted by atomic mass is 10.1. The molecule has 1 atom stereocenters. The molecular formula is C14H16ClN3O2. The number of rotatable bonds is 3. The quantitative estimate of drug-likeness (QED) is 0.852. The summed E-state index contributed by atoms with van der Waals surface area (Å²) in [5.41, 5.74) is 8.20. The largest absolute Gasteiger partial charge is 0.398 e. The van der Waals surface area contributed by atoms with E-state index < -0.39 is 0 Å². The van der Waals surface area contributed by atoms with Gasteiger partial charge in [-0.2, -0.15) is 0 Å². The molecule has 3 N–H and O–H groups in total. The highest BCUT2D eigenvalue weighted by Crippen LogP contribution is 2.23. The predicted molar refractivity (Wildman–Crippen MR) is 77.7 cm³/mol. The summed E-state index contributed by atoms with van der Waals surface area (Å²) in [7, 11) is 0. The van der Waals surface area contributed by atoms with Gasteiger partial charge in [-0.25, -0.2) is 0 Å². The van der Waals surface area contributed by atoms with E-state index in [1.165, 1.54) is 0 Å². The molecule has 6 heteroatoms. The molecule has 0 spiro atoms. The second-order valence-corrected chi connectivity index (χ2v) is 5.08. The average molecular weight is 294 g/mol. The van der Waals surface area contributed by atoms with Gasteiger partial charge in [-0.1, -0.05) is 16.8 Å². The number of aryl methyl sites for hydroxylation is 2. The van der Waals surface area contributed by atoms with E-state index in [4.69, 9.17) is 21.9 Å². The van der Waals surface area contributed by atoms with Gasteiger partial charge in [0.2, 0.25) is 0 Å². The fourth-order valence-electron chi connectivity index (χ4n) is 2.15. The maximum Gasteiger partial charge on any atom is 0.251 e. The highest BCUT2D eigenvalue weighted by atomic mass is 35.5. The normalized spacial score (nSPS) is 12.2. The molecule has 0 aliphatic carbocycles. The third-order valence-corrected chi connectivity index (χ3v) is 3.47. The zero-order valence-electron chi connectivity index (χ0n) is 11.5. The van der Waals surface area contributed by atoms with Crippen LogP contribution in [0.1, 0.15) is 40.3 Å². The molecule has 106 valence electrons. The molecule has 0 aliphatic rings. The van der Waals surface area contributed by atoms with Gasteiger partial charge < -0.3 is 15.6 Å². The number of nitrogens with zero attached hydrogens (tertiary/aromatic N) is 1. The van der Waals surface area contributed by atoms with E-state index in [1.54, 1.807) is 18.2 Å². The molecule has 0 saturated heterocycles. The van der Waals surface area contributed by atoms with Crippen LogP contribution in [0.3, 0.4) is 0 Å². The van der Waals surface area contributed by atoms with Crippen LogP contribution in [0.15, 0.2) is 22.7 Å². The van der Waals surface area contributed by atoms with Crippen LogP contribution in [0, 0.1) is 13.8 Å². The number of carbonyl (C=O) groups excluding carboxylic acids is 1. The summed E-state index contributed by atoms with van der Waals surface area (Å²) in [6, 6.07) is 4.59. The molecule has 20 heavy (non-hydrogen) atoms. The van der Waals surface area contributed by atoms with Gasteiger partial charge in [0, 0.05) is 11.1 Å². The maximum absolute atomic E-state index is 12.2. The van der Waals surface area contributed by atoms with Crippen molar-refractivity contribution in [2.24, 2.45) is 0 Å². The number of nitrogens with one attached hydrogen (secondary N) is 1. The number of hydrogen-bond acceptors (Lipinski definition) is 4. The first-order valence-corrected chi connectivity index (χ1v) is 6.56. The van der Waals surface area contributed by atoms with Gasteiger partial charge >= 0.3 is 0 Å². The van der Waals surface area contributed by atoms with E-state index in [1.807, 2.05) is 20.8 Å². The minimum atomic E-state index is -0.221. The van der Waals surface area contributed by atoms with Gasteiger partial charge in [-0.3, -0.25) is 4.79 Å². The molecule has 1 aromatic carbocycles. The van der Waals surface area contributed by atoms with Gasteiger partial charge in [0.05, 0.1) is 22.4 Å². The first-order valence-electron chi connectivity index (χ1n) is 6.18. The summed E-state index contributed by atoms with van der Waals surface area (Å²) >= 11 is 5.84. The zero-order valence-corrected chi connectivity index (χ0v) is 12.3. The number of carbonyl (C=O) groups is 1. The van der Waals surface area contributed by atoms with E-state index in [9.17, 15) is 4.79 Å². The molecule has 0 bridgehead atoms. The SMILES string of the molecule is Cc1noc(C)c1C(C)NC(=O)c1ccc(Cl)c(N)c1. The van der Waals surface area contributed by atoms with E-state index in [-0.39, 0.29) is 11.9 Å². The van der Waals surface area contributed by atoms with Crippen molar-refractivity contribution in [3.05, 3.63) is 45.8 Å². The molecule has 2 aromatic rings. The molecule has 0 radical (unpaired) electrons. The summed E-state index contributed by atoms with van der Waals surface area (Å²) in [6.45, 7) is 5.54. The minimum Gasteiger partial charge on any atom is -0.398 e. The Morgan fingerprint density at radius 3 is 2.70 bits per heavy atom. The Kier molecular flexibility index (Phi) is 3.99. The van der Waals surface area contributed by atoms with Crippen molar-refractivity contribution in [1.29, 1.82) is 0 Å². The number of hydrogen-bond donors (Lipinski definition) is 2. The number of anilines is 1. The summed E-state index contributed by atoms with van der Waals surface area (Å²) in [5.74, 6) is 0.479. The predicted octanol–water partition coefficient (Wildman–Crippen LogP) is 3.02. The van der Waals surface area contributed by atoms with E-state index in [2.05, 4.69) is 10.5 Å². The Morgan fingerprint density at radius 2 is 2.15 bits per heavy atom. The van der Waals surface area contributed by atoms with Crippen LogP contribution < -0.4 is 11.1 Å². The molecule has 2 rings (SSSR count). The molecule has 5 nitrogen and oxygen atoms in total. The monoisotopic (exact) mass is 293 g/mol. The number of nitrogen functional groups attached to an aromatic ring is 1. The van der Waals surface area contributed by atoms with Gasteiger partial charge in [0.1, 0.15) is 5.76 Å². The van der Waals surface area contributed by atoms with E-state index in [0.717, 1.165) is 11.3 Å². The number of benzene rings is 1. The van der Waals surface area contributed by atoms with Crippen LogP contribution in [-0.2, 0) is 0 Å². The van der Waals surface area contributed by atoms with E-state index >= 15 is 0 Å². The highest BCUT2D eigenvalue weighted by Gasteiger charge is 2.19. The molecule has 1 amide bonds. The Balaban J connectivity index is 2.17. The highest BCUT2D eigenvalue weighted by molar-refractivity contribution is 6.33. The van der Waals surface area contributed by atoms with Crippen molar-refractivity contribution in [3.63, 3.8) is 0 Å². The van der Waals surface area contributed by atoms with Crippen LogP contribution in [0.4, 0.5) is 5.69 Å². The lowest BCUT2D eigenvalue weighted by Crippen LogP contribution is -2.27. The van der Waals surface area contributed by atoms with Crippen LogP contribution in [0.25, 0.3) is 0 Å². The molecule has 0 saturated carbocycles. The molecular weight excluding hydrogens is 278 g/mol. The summed E-state index contributed by atoms with van der Waals surface area (Å²) < 4.78 is 5.10. The van der Waals surface area contributed by atoms with Crippen molar-refractivity contribution in [1.82, 2.24) is 10.5 Å². The van der Waals surface area contributed by atoms with Crippen molar-refractivity contribution < 1.29 is 9.32 Å². The topological polar surface area (TPSA) is 81.2 Å². The van der Waals surface area contributed by atoms with Crippen molar-refractivity contribution in [2.75, 3.05) is 5.73 Å². The average Bonchev–Trinajstić information content (AvgIpc) is 2.72. The standard InChI is InChI=1S/C14H16ClN3O2/c1-7(13-8(2)18-20-9(13)3)17-14(19)10-4-5-11(15)12(16)6-10/h4-7H,16H2,1-3H3,(H,17,19). The van der Waals surface area contributed by atoms with E-state index in [0.29, 0.717) is 22.0 Å². The summed E-state index contributed by atoms with van der Waals surface area (Å²) in [5, 5.41) is 7.20. The lowest BCUT2D eigenvalue weighted by Gasteiger charge is -2.14. The molecule has 0 aliphatic heterocycles. The fraction of sp³-hybridized carbons (Fsp3) is 0.286. The van der Waals surface area contributed by atoms with Crippen LogP contribution in [0.5, 0.6) is 0 Å². The third-order valence-electron chi connectivity index (χ3n) is 3.13. The number of aromatic nitrogens is 1.